The smallest absolute Gasteiger partial charge is 0.410 e. The van der Waals surface area contributed by atoms with Gasteiger partial charge in [0.05, 0.1) is 4.88 Å². The highest BCUT2D eigenvalue weighted by atomic mass is 32.1. The zero-order valence-corrected chi connectivity index (χ0v) is 14.1. The molecule has 0 bridgehead atoms. The van der Waals surface area contributed by atoms with Crippen molar-refractivity contribution in [1.82, 2.24) is 10.2 Å². The van der Waals surface area contributed by atoms with E-state index in [1.165, 1.54) is 11.3 Å². The second kappa shape index (κ2) is 7.97. The van der Waals surface area contributed by atoms with Gasteiger partial charge in [-0.25, -0.2) is 4.79 Å². The van der Waals surface area contributed by atoms with Gasteiger partial charge < -0.3 is 15.0 Å². The fraction of sp³-hybridized carbons (Fsp3) is 0.333. The number of carbonyl (C=O) groups excluding carboxylic acids is 2. The summed E-state index contributed by atoms with van der Waals surface area (Å²) in [4.78, 5) is 26.5. The molecule has 126 valence electrons. The Bertz CT molecular complexity index is 665. The van der Waals surface area contributed by atoms with Crippen LogP contribution in [0.15, 0.2) is 47.8 Å². The highest BCUT2D eigenvalue weighted by molar-refractivity contribution is 7.12. The lowest BCUT2D eigenvalue weighted by Crippen LogP contribution is -2.42. The Morgan fingerprint density at radius 3 is 2.54 bits per heavy atom. The molecule has 2 heterocycles. The largest absolute Gasteiger partial charge is 0.415 e. The fourth-order valence-electron chi connectivity index (χ4n) is 2.71. The molecule has 2 amide bonds. The van der Waals surface area contributed by atoms with Crippen LogP contribution in [0.1, 0.15) is 22.5 Å². The van der Waals surface area contributed by atoms with E-state index >= 15 is 0 Å². The van der Waals surface area contributed by atoms with E-state index in [9.17, 15) is 9.59 Å². The van der Waals surface area contributed by atoms with Crippen molar-refractivity contribution in [3.05, 3.63) is 52.7 Å². The van der Waals surface area contributed by atoms with Gasteiger partial charge in [0.15, 0.2) is 0 Å². The first-order chi connectivity index (χ1) is 11.7. The highest BCUT2D eigenvalue weighted by Crippen LogP contribution is 2.19. The molecule has 3 rings (SSSR count). The molecule has 1 aliphatic heterocycles. The number of ether oxygens (including phenoxy) is 1. The average molecular weight is 344 g/mol. The van der Waals surface area contributed by atoms with Crippen LogP contribution in [0.5, 0.6) is 5.75 Å². The Morgan fingerprint density at radius 1 is 1.12 bits per heavy atom. The number of rotatable bonds is 4. The second-order valence-corrected chi connectivity index (χ2v) is 6.75. The van der Waals surface area contributed by atoms with Crippen LogP contribution in [0.3, 0.4) is 0 Å². The Hall–Kier alpha value is -2.34. The molecule has 0 aliphatic carbocycles. The molecule has 0 atom stereocenters. The molecule has 0 saturated carbocycles. The molecule has 1 aromatic carbocycles. The van der Waals surface area contributed by atoms with Gasteiger partial charge in [-0.05, 0) is 42.3 Å². The quantitative estimate of drug-likeness (QED) is 0.925. The van der Waals surface area contributed by atoms with Crippen molar-refractivity contribution in [1.29, 1.82) is 0 Å². The van der Waals surface area contributed by atoms with E-state index in [0.29, 0.717) is 31.3 Å². The predicted molar refractivity (Wildman–Crippen MR) is 93.4 cm³/mol. The van der Waals surface area contributed by atoms with Gasteiger partial charge in [-0.1, -0.05) is 24.3 Å². The van der Waals surface area contributed by atoms with E-state index in [-0.39, 0.29) is 12.0 Å². The molecule has 1 aromatic heterocycles. The molecule has 6 heteroatoms. The van der Waals surface area contributed by atoms with Crippen molar-refractivity contribution in [3.8, 4) is 5.75 Å². The van der Waals surface area contributed by atoms with Crippen LogP contribution >= 0.6 is 11.3 Å². The van der Waals surface area contributed by atoms with Crippen molar-refractivity contribution in [2.45, 2.75) is 12.8 Å². The van der Waals surface area contributed by atoms with Crippen molar-refractivity contribution >= 4 is 23.3 Å². The maximum Gasteiger partial charge on any atom is 0.415 e. The van der Waals surface area contributed by atoms with Gasteiger partial charge >= 0.3 is 6.09 Å². The van der Waals surface area contributed by atoms with Crippen molar-refractivity contribution < 1.29 is 14.3 Å². The van der Waals surface area contributed by atoms with Crippen LogP contribution in [-0.2, 0) is 0 Å². The van der Waals surface area contributed by atoms with Crippen molar-refractivity contribution in [3.63, 3.8) is 0 Å². The van der Waals surface area contributed by atoms with Crippen molar-refractivity contribution in [2.24, 2.45) is 5.92 Å². The first kappa shape index (κ1) is 16.5. The molecule has 0 radical (unpaired) electrons. The van der Waals surface area contributed by atoms with E-state index in [4.69, 9.17) is 4.74 Å². The summed E-state index contributed by atoms with van der Waals surface area (Å²) in [5, 5.41) is 4.87. The summed E-state index contributed by atoms with van der Waals surface area (Å²) in [6.45, 7) is 1.97. The Balaban J connectivity index is 1.41. The molecule has 2 aromatic rings. The monoisotopic (exact) mass is 344 g/mol. The van der Waals surface area contributed by atoms with E-state index in [1.807, 2.05) is 35.7 Å². The lowest BCUT2D eigenvalue weighted by Gasteiger charge is -2.31. The topological polar surface area (TPSA) is 58.6 Å². The predicted octanol–water partition coefficient (Wildman–Crippen LogP) is 3.39. The number of amides is 2. The van der Waals surface area contributed by atoms with Gasteiger partial charge in [-0.15, -0.1) is 11.3 Å². The van der Waals surface area contributed by atoms with Gasteiger partial charge in [0.1, 0.15) is 5.75 Å². The van der Waals surface area contributed by atoms with E-state index in [1.54, 1.807) is 17.0 Å². The van der Waals surface area contributed by atoms with Gasteiger partial charge in [-0.3, -0.25) is 4.79 Å². The Labute approximate surface area is 145 Å². The Morgan fingerprint density at radius 2 is 1.88 bits per heavy atom. The van der Waals surface area contributed by atoms with E-state index < -0.39 is 0 Å². The third kappa shape index (κ3) is 4.35. The third-order valence-electron chi connectivity index (χ3n) is 4.12. The number of benzene rings is 1. The summed E-state index contributed by atoms with van der Waals surface area (Å²) in [6, 6.07) is 12.8. The van der Waals surface area contributed by atoms with Crippen molar-refractivity contribution in [2.75, 3.05) is 19.6 Å². The standard InChI is InChI=1S/C18H20N2O3S/c21-17(16-7-4-12-24-16)19-13-14-8-10-20(11-9-14)18(22)23-15-5-2-1-3-6-15/h1-7,12,14H,8-11,13H2,(H,19,21). The van der Waals surface area contributed by atoms with Gasteiger partial charge in [-0.2, -0.15) is 0 Å². The van der Waals surface area contributed by atoms with Gasteiger partial charge in [0, 0.05) is 19.6 Å². The maximum atomic E-state index is 12.1. The molecule has 1 fully saturated rings. The molecule has 5 nitrogen and oxygen atoms in total. The molecule has 24 heavy (non-hydrogen) atoms. The molecule has 0 spiro atoms. The number of piperidine rings is 1. The van der Waals surface area contributed by atoms with Gasteiger partial charge in [0.2, 0.25) is 0 Å². The minimum Gasteiger partial charge on any atom is -0.410 e. The molecular formula is C18H20N2O3S. The van der Waals surface area contributed by atoms with Crippen LogP contribution < -0.4 is 10.1 Å². The van der Waals surface area contributed by atoms with E-state index in [2.05, 4.69) is 5.32 Å². The van der Waals surface area contributed by atoms with Crippen LogP contribution in [-0.4, -0.2) is 36.5 Å². The summed E-state index contributed by atoms with van der Waals surface area (Å²) < 4.78 is 5.35. The number of nitrogens with zero attached hydrogens (tertiary/aromatic N) is 1. The van der Waals surface area contributed by atoms with Crippen LogP contribution in [0.4, 0.5) is 4.79 Å². The zero-order valence-electron chi connectivity index (χ0n) is 13.3. The third-order valence-corrected chi connectivity index (χ3v) is 4.99. The second-order valence-electron chi connectivity index (χ2n) is 5.80. The number of likely N-dealkylation sites (tertiary alicyclic amines) is 1. The molecule has 0 unspecified atom stereocenters. The Kier molecular flexibility index (Phi) is 5.48. The molecule has 1 saturated heterocycles. The summed E-state index contributed by atoms with van der Waals surface area (Å²) in [5.41, 5.74) is 0. The number of carbonyl (C=O) groups is 2. The normalized spacial score (nSPS) is 15.1. The summed E-state index contributed by atoms with van der Waals surface area (Å²) in [6.07, 6.45) is 1.44. The summed E-state index contributed by atoms with van der Waals surface area (Å²) in [5.74, 6) is 0.943. The first-order valence-corrected chi connectivity index (χ1v) is 8.94. The SMILES string of the molecule is O=C(NCC1CCN(C(=O)Oc2ccccc2)CC1)c1cccs1. The maximum absolute atomic E-state index is 12.1. The zero-order chi connectivity index (χ0) is 16.8. The number of para-hydroxylation sites is 1. The highest BCUT2D eigenvalue weighted by Gasteiger charge is 2.24. The number of nitrogens with one attached hydrogen (secondary N) is 1. The minimum atomic E-state index is -0.303. The van der Waals surface area contributed by atoms with Crippen LogP contribution in [0.2, 0.25) is 0 Å². The molecular weight excluding hydrogens is 324 g/mol. The van der Waals surface area contributed by atoms with Crippen LogP contribution in [0.25, 0.3) is 0 Å². The number of thiophene rings is 1. The summed E-state index contributed by atoms with van der Waals surface area (Å²) in [7, 11) is 0. The van der Waals surface area contributed by atoms with Gasteiger partial charge in [0.25, 0.3) is 5.91 Å². The lowest BCUT2D eigenvalue weighted by atomic mass is 9.97. The molecule has 1 aliphatic rings. The van der Waals surface area contributed by atoms with Crippen LogP contribution in [0, 0.1) is 5.92 Å². The van der Waals surface area contributed by atoms with E-state index in [0.717, 1.165) is 17.7 Å². The summed E-state index contributed by atoms with van der Waals surface area (Å²) >= 11 is 1.44. The average Bonchev–Trinajstić information content (AvgIpc) is 3.16. The number of hydrogen-bond acceptors (Lipinski definition) is 4. The fourth-order valence-corrected chi connectivity index (χ4v) is 3.35. The molecule has 1 N–H and O–H groups in total. The first-order valence-electron chi connectivity index (χ1n) is 8.06. The minimum absolute atomic E-state index is 0.0177. The number of hydrogen-bond donors (Lipinski definition) is 1. The lowest BCUT2D eigenvalue weighted by molar-refractivity contribution is 0.0935.